The van der Waals surface area contributed by atoms with Gasteiger partial charge in [-0.25, -0.2) is 29.1 Å². The Morgan fingerprint density at radius 2 is 0.880 bits per heavy atom. The van der Waals surface area contributed by atoms with E-state index in [1.165, 1.54) is 0 Å². The minimum atomic E-state index is -0.916. The second-order valence-electron chi connectivity index (χ2n) is 26.0. The molecular formula is C68H76N10O14. The van der Waals surface area contributed by atoms with Crippen molar-refractivity contribution >= 4 is 36.2 Å². The molecule has 2 saturated carbocycles. The molecule has 0 radical (unpaired) electrons. The third-order valence-corrected chi connectivity index (χ3v) is 19.2. The van der Waals surface area contributed by atoms with Crippen LogP contribution in [-0.4, -0.2) is 139 Å². The van der Waals surface area contributed by atoms with Gasteiger partial charge in [-0.05, 0) is 109 Å². The van der Waals surface area contributed by atoms with Crippen LogP contribution in [0.5, 0.6) is 23.0 Å². The third-order valence-electron chi connectivity index (χ3n) is 19.2. The molecule has 8 aliphatic rings. The number of hydrogen-bond acceptors (Lipinski definition) is 16. The molecule has 4 aromatic carbocycles. The molecule has 2 saturated heterocycles. The van der Waals surface area contributed by atoms with Crippen LogP contribution in [0, 0.1) is 11.8 Å². The second kappa shape index (κ2) is 25.3. The lowest BCUT2D eigenvalue weighted by Crippen LogP contribution is -2.52. The third kappa shape index (κ3) is 12.2. The van der Waals surface area contributed by atoms with E-state index < -0.39 is 60.7 Å². The Labute approximate surface area is 531 Å². The Bertz CT molecular complexity index is 3540. The number of hydrogen-bond donors (Lipinski definition) is 4. The maximum Gasteiger partial charge on any atom is 0.410 e. The highest BCUT2D eigenvalue weighted by Crippen LogP contribution is 2.45. The maximum absolute atomic E-state index is 14.7. The van der Waals surface area contributed by atoms with Crippen molar-refractivity contribution in [3.63, 3.8) is 0 Å². The lowest BCUT2D eigenvalue weighted by Gasteiger charge is -2.30. The Morgan fingerprint density at radius 3 is 1.27 bits per heavy atom. The Balaban J connectivity index is 0.656. The number of fused-ring (bicyclic) bond motifs is 6. The zero-order chi connectivity index (χ0) is 63.3. The summed E-state index contributed by atoms with van der Waals surface area (Å²) in [6.07, 6.45) is 7.07. The van der Waals surface area contributed by atoms with E-state index >= 15 is 0 Å². The van der Waals surface area contributed by atoms with Crippen molar-refractivity contribution in [2.75, 3.05) is 26.7 Å². The van der Waals surface area contributed by atoms with Crippen LogP contribution < -0.4 is 29.6 Å². The van der Waals surface area contributed by atoms with Crippen molar-refractivity contribution in [3.05, 3.63) is 119 Å². The number of H-pyrrole nitrogens is 2. The number of alkyl carbamates (subject to hydrolysis) is 2. The van der Waals surface area contributed by atoms with Crippen LogP contribution in [0.25, 0.3) is 33.6 Å². The van der Waals surface area contributed by atoms with E-state index in [-0.39, 0.29) is 75.4 Å². The number of benzene rings is 4. The van der Waals surface area contributed by atoms with Gasteiger partial charge in [-0.3, -0.25) is 19.4 Å². The van der Waals surface area contributed by atoms with Gasteiger partial charge in [0.15, 0.2) is 23.0 Å². The number of rotatable bonds is 15. The van der Waals surface area contributed by atoms with Crippen LogP contribution in [0.15, 0.2) is 85.2 Å². The summed E-state index contributed by atoms with van der Waals surface area (Å²) in [6.45, 7) is 9.16. The van der Waals surface area contributed by atoms with E-state index in [1.54, 1.807) is 32.0 Å². The predicted molar refractivity (Wildman–Crippen MR) is 330 cm³/mol. The van der Waals surface area contributed by atoms with Crippen LogP contribution in [0.4, 0.5) is 19.2 Å². The van der Waals surface area contributed by atoms with Gasteiger partial charge >= 0.3 is 24.4 Å². The number of imidazole rings is 2. The van der Waals surface area contributed by atoms with E-state index in [9.17, 15) is 28.8 Å². The monoisotopic (exact) mass is 1260 g/mol. The molecule has 24 nitrogen and oxygen atoms in total. The minimum Gasteiger partial charge on any atom is -0.454 e. The molecule has 6 atom stereocenters. The van der Waals surface area contributed by atoms with Gasteiger partial charge in [0.1, 0.15) is 48.1 Å². The molecule has 4 fully saturated rings. The number of nitrogens with zero attached hydrogens (tertiary/aromatic N) is 6. The van der Waals surface area contributed by atoms with Crippen molar-refractivity contribution in [2.24, 2.45) is 11.8 Å². The van der Waals surface area contributed by atoms with Crippen LogP contribution in [0.3, 0.4) is 0 Å². The first-order valence-corrected chi connectivity index (χ1v) is 32.2. The van der Waals surface area contributed by atoms with Gasteiger partial charge in [0, 0.05) is 37.1 Å². The lowest BCUT2D eigenvalue weighted by atomic mass is 10.0. The summed E-state index contributed by atoms with van der Waals surface area (Å²) >= 11 is 0. The van der Waals surface area contributed by atoms with Crippen molar-refractivity contribution in [1.82, 2.24) is 50.2 Å². The fraction of sp³-hybridized carbons (Fsp3) is 0.471. The molecule has 14 rings (SSSR count). The largest absolute Gasteiger partial charge is 0.454 e. The number of carbonyl (C=O) groups is 6. The predicted octanol–water partition coefficient (Wildman–Crippen LogP) is 10.6. The van der Waals surface area contributed by atoms with E-state index in [0.717, 1.165) is 95.9 Å². The summed E-state index contributed by atoms with van der Waals surface area (Å²) in [7, 11) is 0. The lowest BCUT2D eigenvalue weighted by molar-refractivity contribution is -0.136. The van der Waals surface area contributed by atoms with Gasteiger partial charge in [0.05, 0.1) is 62.0 Å². The molecule has 2 aromatic heterocycles. The van der Waals surface area contributed by atoms with E-state index in [1.807, 2.05) is 100 Å². The highest BCUT2D eigenvalue weighted by Gasteiger charge is 2.46. The quantitative estimate of drug-likeness (QED) is 0.0696. The molecule has 92 heavy (non-hydrogen) atoms. The zero-order valence-corrected chi connectivity index (χ0v) is 52.0. The molecule has 6 aliphatic heterocycles. The fourth-order valence-electron chi connectivity index (χ4n) is 14.2. The number of carbonyl (C=O) groups excluding carboxylic acids is 6. The summed E-state index contributed by atoms with van der Waals surface area (Å²) in [5.74, 6) is 2.34. The average molecular weight is 1260 g/mol. The molecule has 2 aliphatic carbocycles. The van der Waals surface area contributed by atoms with Crippen LogP contribution in [0.2, 0.25) is 0 Å². The molecular weight excluding hydrogens is 1180 g/mol. The van der Waals surface area contributed by atoms with Gasteiger partial charge in [-0.2, -0.15) is 0 Å². The van der Waals surface area contributed by atoms with Crippen molar-refractivity contribution < 1.29 is 66.7 Å². The number of aromatic nitrogens is 4. The number of nitrogens with one attached hydrogen (secondary N) is 4. The molecule has 6 aromatic rings. The molecule has 8 heterocycles. The molecule has 1 unspecified atom stereocenters. The average Bonchev–Trinajstić information content (AvgIpc) is 1.68. The van der Waals surface area contributed by atoms with Crippen LogP contribution >= 0.6 is 0 Å². The van der Waals surface area contributed by atoms with Gasteiger partial charge in [-0.1, -0.05) is 88.4 Å². The van der Waals surface area contributed by atoms with Gasteiger partial charge in [0.2, 0.25) is 25.4 Å². The van der Waals surface area contributed by atoms with Crippen LogP contribution in [-0.2, 0) is 54.7 Å². The first-order chi connectivity index (χ1) is 44.6. The Morgan fingerprint density at radius 1 is 0.489 bits per heavy atom. The summed E-state index contributed by atoms with van der Waals surface area (Å²) in [5.41, 5.74) is 8.72. The SMILES string of the molecule is CC(C)C(NC(=O)OC1CCCC1)C(=O)N1C[C@H](OC(=O)N2Cc3ccc4c(c3C2)OCO4)C[C@H]1c1ncc(-c2ccc(-c3ccc(-c4cnc([C@@H]5C[C@@H](OC(=O)N6Cc7ccc8c(c7C6)OCO8)CN5C(=O)[C@@H](NC(=O)OC5CCCC5)C(C)C)[nH]4)cc3)cc2)[nH]1. The van der Waals surface area contributed by atoms with Gasteiger partial charge in [-0.15, -0.1) is 0 Å². The summed E-state index contributed by atoms with van der Waals surface area (Å²) < 4.78 is 46.5. The first-order valence-electron chi connectivity index (χ1n) is 32.2. The number of ether oxygens (including phenoxy) is 8. The van der Waals surface area contributed by atoms with Gasteiger partial charge < -0.3 is 68.3 Å². The van der Waals surface area contributed by atoms with E-state index in [0.29, 0.717) is 72.2 Å². The number of aromatic amines is 2. The standard InChI is InChI=1S/C68H76N10O14/c1-37(2)57(73-65(81)89-45-9-5-6-10-45)63(79)77-31-47(91-67(83)75-29-43-21-23-55-59(49(43)33-75)87-35-85-55)25-53(77)61-69-27-51(71-61)41-17-13-39(14-18-41)40-15-19-42(20-16-40)52-28-70-62(72-52)54-26-48(92-68(84)76-30-44-22-24-56-60(50(44)34-76)88-36-86-56)32-78(54)64(80)58(38(3)4)74-66(82)90-46-11-7-8-12-46/h13-24,27-28,37-38,45-48,53-54,57-58H,5-12,25-26,29-36H2,1-4H3,(H,69,71)(H,70,72)(H,73,81)(H,74,82)/t47-,48-,53+,54+,57+,58?/m1/s1. The Hall–Kier alpha value is -9.48. The van der Waals surface area contributed by atoms with Gasteiger partial charge in [0.25, 0.3) is 0 Å². The van der Waals surface area contributed by atoms with Crippen molar-refractivity contribution in [3.8, 4) is 56.6 Å². The highest BCUT2D eigenvalue weighted by atomic mass is 16.7. The summed E-state index contributed by atoms with van der Waals surface area (Å²) in [4.78, 5) is 107. The van der Waals surface area contributed by atoms with E-state index in [2.05, 4.69) is 20.6 Å². The summed E-state index contributed by atoms with van der Waals surface area (Å²) in [5, 5.41) is 5.74. The molecule has 0 spiro atoms. The first kappa shape index (κ1) is 60.1. The highest BCUT2D eigenvalue weighted by molar-refractivity contribution is 5.88. The number of likely N-dealkylation sites (tertiary alicyclic amines) is 2. The van der Waals surface area contributed by atoms with Crippen LogP contribution in [0.1, 0.15) is 138 Å². The maximum atomic E-state index is 14.7. The zero-order valence-electron chi connectivity index (χ0n) is 52.0. The fourth-order valence-corrected chi connectivity index (χ4v) is 14.2. The minimum absolute atomic E-state index is 0.0813. The molecule has 6 amide bonds. The summed E-state index contributed by atoms with van der Waals surface area (Å²) in [6, 6.07) is 20.6. The molecule has 24 heteroatoms. The van der Waals surface area contributed by atoms with Crippen molar-refractivity contribution in [2.45, 2.75) is 167 Å². The topological polar surface area (TPSA) is 271 Å². The van der Waals surface area contributed by atoms with E-state index in [4.69, 9.17) is 47.9 Å². The number of amides is 6. The second-order valence-corrected chi connectivity index (χ2v) is 26.0. The Kier molecular flexibility index (Phi) is 16.5. The smallest absolute Gasteiger partial charge is 0.410 e. The van der Waals surface area contributed by atoms with Crippen molar-refractivity contribution in [1.29, 1.82) is 0 Å². The molecule has 482 valence electrons. The normalized spacial score (nSPS) is 21.2. The molecule has 4 N–H and O–H groups in total. The molecule has 0 bridgehead atoms.